The molecule has 118 valence electrons. The van der Waals surface area contributed by atoms with E-state index in [4.69, 9.17) is 4.74 Å². The van der Waals surface area contributed by atoms with Crippen molar-refractivity contribution >= 4 is 11.5 Å². The van der Waals surface area contributed by atoms with Crippen LogP contribution >= 0.6 is 0 Å². The number of hydrogen-bond donors (Lipinski definition) is 2. The number of hydrogen-bond acceptors (Lipinski definition) is 5. The minimum absolute atomic E-state index is 0.212. The summed E-state index contributed by atoms with van der Waals surface area (Å²) in [5, 5.41) is 7.65. The lowest BCUT2D eigenvalue weighted by molar-refractivity contribution is 0.415. The Hall–Kier alpha value is -3.09. The van der Waals surface area contributed by atoms with Gasteiger partial charge in [0.2, 0.25) is 5.95 Å². The van der Waals surface area contributed by atoms with Gasteiger partial charge in [-0.3, -0.25) is 9.78 Å². The summed E-state index contributed by atoms with van der Waals surface area (Å²) in [4.78, 5) is 18.7. The number of aryl methyl sites for hydroxylation is 2. The van der Waals surface area contributed by atoms with Crippen molar-refractivity contribution in [2.24, 2.45) is 0 Å². The van der Waals surface area contributed by atoms with Crippen LogP contribution in [0.15, 0.2) is 41.2 Å². The van der Waals surface area contributed by atoms with E-state index in [0.29, 0.717) is 17.5 Å². The molecule has 1 aromatic carbocycles. The van der Waals surface area contributed by atoms with Crippen LogP contribution in [0.3, 0.4) is 0 Å². The van der Waals surface area contributed by atoms with Crippen molar-refractivity contribution in [2.75, 3.05) is 12.4 Å². The Morgan fingerprint density at radius 3 is 2.52 bits per heavy atom. The van der Waals surface area contributed by atoms with Gasteiger partial charge in [-0.1, -0.05) is 0 Å². The minimum Gasteiger partial charge on any atom is -0.497 e. The first-order valence-electron chi connectivity index (χ1n) is 7.11. The van der Waals surface area contributed by atoms with Gasteiger partial charge >= 0.3 is 0 Å². The highest BCUT2D eigenvalue weighted by atomic mass is 16.5. The molecule has 7 nitrogen and oxygen atoms in total. The third kappa shape index (κ3) is 3.23. The first kappa shape index (κ1) is 14.8. The number of anilines is 2. The zero-order valence-electron chi connectivity index (χ0n) is 13.1. The summed E-state index contributed by atoms with van der Waals surface area (Å²) >= 11 is 0. The normalized spacial score (nSPS) is 10.6. The molecule has 7 heteroatoms. The fourth-order valence-corrected chi connectivity index (χ4v) is 2.24. The highest BCUT2D eigenvalue weighted by molar-refractivity contribution is 5.59. The fourth-order valence-electron chi connectivity index (χ4n) is 2.24. The highest BCUT2D eigenvalue weighted by Gasteiger charge is 2.10. The van der Waals surface area contributed by atoms with E-state index in [1.165, 1.54) is 6.07 Å². The first-order chi connectivity index (χ1) is 11.0. The molecule has 2 N–H and O–H groups in total. The largest absolute Gasteiger partial charge is 0.497 e. The molecule has 23 heavy (non-hydrogen) atoms. The van der Waals surface area contributed by atoms with Gasteiger partial charge in [0.25, 0.3) is 5.56 Å². The lowest BCUT2D eigenvalue weighted by Crippen LogP contribution is -2.15. The van der Waals surface area contributed by atoms with Gasteiger partial charge in [-0.2, -0.15) is 9.78 Å². The van der Waals surface area contributed by atoms with E-state index < -0.39 is 0 Å². The minimum atomic E-state index is -0.212. The second kappa shape index (κ2) is 5.96. The lowest BCUT2D eigenvalue weighted by atomic mass is 10.3. The maximum absolute atomic E-state index is 11.7. The topological polar surface area (TPSA) is 84.8 Å². The Kier molecular flexibility index (Phi) is 3.84. The maximum Gasteiger partial charge on any atom is 0.252 e. The van der Waals surface area contributed by atoms with Gasteiger partial charge < -0.3 is 10.1 Å². The lowest BCUT2D eigenvalue weighted by Gasteiger charge is -2.09. The monoisotopic (exact) mass is 311 g/mol. The maximum atomic E-state index is 11.7. The number of aromatic nitrogens is 4. The Balaban J connectivity index is 1.98. The van der Waals surface area contributed by atoms with Crippen LogP contribution in [0.5, 0.6) is 5.75 Å². The molecule has 2 heterocycles. The fraction of sp³-hybridized carbons (Fsp3) is 0.188. The molecule has 0 saturated heterocycles. The second-order valence-electron chi connectivity index (χ2n) is 5.15. The average molecular weight is 311 g/mol. The van der Waals surface area contributed by atoms with Crippen molar-refractivity contribution in [3.63, 3.8) is 0 Å². The van der Waals surface area contributed by atoms with Gasteiger partial charge in [0.15, 0.2) is 0 Å². The summed E-state index contributed by atoms with van der Waals surface area (Å²) < 4.78 is 6.73. The molecule has 0 bridgehead atoms. The number of benzene rings is 1. The molecule has 2 aromatic heterocycles. The van der Waals surface area contributed by atoms with Crippen LogP contribution in [0, 0.1) is 13.8 Å². The highest BCUT2D eigenvalue weighted by Crippen LogP contribution is 2.22. The molecule has 0 unspecified atom stereocenters. The number of nitrogens with one attached hydrogen (secondary N) is 2. The average Bonchev–Trinajstić information content (AvgIpc) is 2.88. The summed E-state index contributed by atoms with van der Waals surface area (Å²) in [7, 11) is 1.63. The zero-order valence-corrected chi connectivity index (χ0v) is 13.1. The Morgan fingerprint density at radius 2 is 1.87 bits per heavy atom. The molecule has 0 aliphatic heterocycles. The van der Waals surface area contributed by atoms with E-state index in [1.54, 1.807) is 18.7 Å². The predicted octanol–water partition coefficient (Wildman–Crippen LogP) is 2.32. The number of aromatic amines is 1. The molecule has 3 rings (SSSR count). The molecular weight excluding hydrogens is 294 g/mol. The summed E-state index contributed by atoms with van der Waals surface area (Å²) in [6.07, 6.45) is 0. The molecule has 0 aliphatic carbocycles. The first-order valence-corrected chi connectivity index (χ1v) is 7.11. The third-order valence-electron chi connectivity index (χ3n) is 3.25. The van der Waals surface area contributed by atoms with Crippen molar-refractivity contribution < 1.29 is 4.74 Å². The Morgan fingerprint density at radius 1 is 1.13 bits per heavy atom. The molecule has 0 saturated carbocycles. The van der Waals surface area contributed by atoms with Crippen LogP contribution in [0.1, 0.15) is 11.4 Å². The van der Waals surface area contributed by atoms with Crippen LogP contribution in [0.25, 0.3) is 5.95 Å². The van der Waals surface area contributed by atoms with Crippen molar-refractivity contribution in [3.05, 3.63) is 58.1 Å². The molecule has 0 spiro atoms. The Labute approximate surface area is 133 Å². The molecular formula is C16H17N5O2. The van der Waals surface area contributed by atoms with Crippen molar-refractivity contribution in [1.29, 1.82) is 0 Å². The molecule has 3 aromatic rings. The number of nitrogens with zero attached hydrogens (tertiary/aromatic N) is 3. The van der Waals surface area contributed by atoms with E-state index >= 15 is 0 Å². The van der Waals surface area contributed by atoms with Crippen molar-refractivity contribution in [3.8, 4) is 11.7 Å². The van der Waals surface area contributed by atoms with E-state index in [2.05, 4.69) is 20.4 Å². The van der Waals surface area contributed by atoms with Crippen molar-refractivity contribution in [1.82, 2.24) is 19.7 Å². The van der Waals surface area contributed by atoms with Gasteiger partial charge in [-0.15, -0.1) is 0 Å². The third-order valence-corrected chi connectivity index (χ3v) is 3.25. The predicted molar refractivity (Wildman–Crippen MR) is 87.7 cm³/mol. The molecule has 0 fully saturated rings. The summed E-state index contributed by atoms with van der Waals surface area (Å²) in [6, 6.07) is 10.9. The van der Waals surface area contributed by atoms with E-state index in [9.17, 15) is 4.79 Å². The van der Waals surface area contributed by atoms with Crippen LogP contribution < -0.4 is 15.6 Å². The standard InChI is InChI=1S/C16H17N5O2/c1-10-9-15(22)19-16(17-10)21-14(8-11(2)20-21)18-12-4-6-13(23-3)7-5-12/h4-9,18H,1-3H3,(H,17,19,22). The SMILES string of the molecule is COc1ccc(Nc2cc(C)nn2-c2nc(C)cc(=O)[nH]2)cc1. The summed E-state index contributed by atoms with van der Waals surface area (Å²) in [5.41, 5.74) is 2.11. The number of rotatable bonds is 4. The molecule has 0 aliphatic rings. The molecule has 0 amide bonds. The van der Waals surface area contributed by atoms with Crippen LogP contribution in [0.2, 0.25) is 0 Å². The van der Waals surface area contributed by atoms with Gasteiger partial charge in [0.05, 0.1) is 12.8 Å². The van der Waals surface area contributed by atoms with Gasteiger partial charge in [0.1, 0.15) is 11.6 Å². The summed E-state index contributed by atoms with van der Waals surface area (Å²) in [5.74, 6) is 1.87. The molecule has 0 radical (unpaired) electrons. The van der Waals surface area contributed by atoms with Gasteiger partial charge in [-0.05, 0) is 38.1 Å². The van der Waals surface area contributed by atoms with Crippen LogP contribution in [0.4, 0.5) is 11.5 Å². The van der Waals surface area contributed by atoms with Gasteiger partial charge in [-0.25, -0.2) is 4.98 Å². The van der Waals surface area contributed by atoms with Crippen LogP contribution in [-0.4, -0.2) is 26.9 Å². The number of H-pyrrole nitrogens is 1. The second-order valence-corrected chi connectivity index (χ2v) is 5.15. The van der Waals surface area contributed by atoms with Crippen molar-refractivity contribution in [2.45, 2.75) is 13.8 Å². The van der Waals surface area contributed by atoms with E-state index in [-0.39, 0.29) is 5.56 Å². The Bertz CT molecular complexity index is 880. The number of methoxy groups -OCH3 is 1. The summed E-state index contributed by atoms with van der Waals surface area (Å²) in [6.45, 7) is 3.65. The molecule has 0 atom stereocenters. The zero-order chi connectivity index (χ0) is 16.4. The number of ether oxygens (including phenoxy) is 1. The van der Waals surface area contributed by atoms with Crippen LogP contribution in [-0.2, 0) is 0 Å². The van der Waals surface area contributed by atoms with E-state index in [0.717, 1.165) is 17.1 Å². The smallest absolute Gasteiger partial charge is 0.252 e. The quantitative estimate of drug-likeness (QED) is 0.772. The van der Waals surface area contributed by atoms with E-state index in [1.807, 2.05) is 37.3 Å². The van der Waals surface area contributed by atoms with Gasteiger partial charge in [0, 0.05) is 23.5 Å².